The van der Waals surface area contributed by atoms with Gasteiger partial charge in [-0.1, -0.05) is 6.42 Å². The van der Waals surface area contributed by atoms with Crippen molar-refractivity contribution in [3.05, 3.63) is 0 Å². The first kappa shape index (κ1) is 6.62. The van der Waals surface area contributed by atoms with E-state index in [0.29, 0.717) is 18.1 Å². The minimum absolute atomic E-state index is 0.358. The Morgan fingerprint density at radius 2 is 2.30 bits per heavy atom. The maximum atomic E-state index is 9.02. The number of aliphatic hydroxyl groups is 1. The van der Waals surface area contributed by atoms with Crippen molar-refractivity contribution in [2.45, 2.75) is 25.3 Å². The van der Waals surface area contributed by atoms with Gasteiger partial charge in [-0.2, -0.15) is 0 Å². The standard InChI is InChI=1S/C8H15NO/c1-9-6-8(3-2-4-8)7(9)5-10/h7,10H,2-6H2,1H3. The van der Waals surface area contributed by atoms with Gasteiger partial charge in [-0.3, -0.25) is 4.90 Å². The molecule has 1 atom stereocenters. The lowest BCUT2D eigenvalue weighted by molar-refractivity contribution is -0.129. The largest absolute Gasteiger partial charge is 0.395 e. The topological polar surface area (TPSA) is 23.5 Å². The Balaban J connectivity index is 2.00. The normalized spacial score (nSPS) is 37.2. The molecule has 2 aliphatic rings. The molecule has 2 rings (SSSR count). The molecule has 1 saturated carbocycles. The van der Waals surface area contributed by atoms with Crippen molar-refractivity contribution in [2.24, 2.45) is 5.41 Å². The molecular formula is C8H15NO. The maximum Gasteiger partial charge on any atom is 0.0592 e. The van der Waals surface area contributed by atoms with E-state index in [9.17, 15) is 0 Å². The highest BCUT2D eigenvalue weighted by Crippen LogP contribution is 2.52. The van der Waals surface area contributed by atoms with Crippen LogP contribution in [0.3, 0.4) is 0 Å². The summed E-state index contributed by atoms with van der Waals surface area (Å²) < 4.78 is 0. The fourth-order valence-electron chi connectivity index (χ4n) is 2.52. The predicted molar refractivity (Wildman–Crippen MR) is 39.8 cm³/mol. The molecule has 0 aromatic rings. The minimum Gasteiger partial charge on any atom is -0.395 e. The van der Waals surface area contributed by atoms with Gasteiger partial charge in [-0.15, -0.1) is 0 Å². The van der Waals surface area contributed by atoms with Crippen LogP contribution in [0.1, 0.15) is 19.3 Å². The molecule has 0 amide bonds. The molecule has 0 bridgehead atoms. The van der Waals surface area contributed by atoms with Crippen molar-refractivity contribution >= 4 is 0 Å². The summed E-state index contributed by atoms with van der Waals surface area (Å²) in [4.78, 5) is 2.26. The van der Waals surface area contributed by atoms with E-state index in [1.54, 1.807) is 0 Å². The summed E-state index contributed by atoms with van der Waals surface area (Å²) in [7, 11) is 2.10. The minimum atomic E-state index is 0.358. The van der Waals surface area contributed by atoms with Crippen LogP contribution in [-0.2, 0) is 0 Å². The van der Waals surface area contributed by atoms with Gasteiger partial charge in [0, 0.05) is 18.0 Å². The van der Waals surface area contributed by atoms with Crippen LogP contribution in [0.2, 0.25) is 0 Å². The summed E-state index contributed by atoms with van der Waals surface area (Å²) in [5.41, 5.74) is 0.559. The van der Waals surface area contributed by atoms with Crippen molar-refractivity contribution in [2.75, 3.05) is 20.2 Å². The summed E-state index contributed by atoms with van der Waals surface area (Å²) in [6.45, 7) is 1.58. The van der Waals surface area contributed by atoms with Gasteiger partial charge in [-0.05, 0) is 19.9 Å². The summed E-state index contributed by atoms with van der Waals surface area (Å²) in [6.07, 6.45) is 4.08. The quantitative estimate of drug-likeness (QED) is 0.573. The van der Waals surface area contributed by atoms with E-state index in [4.69, 9.17) is 5.11 Å². The van der Waals surface area contributed by atoms with Crippen molar-refractivity contribution in [3.8, 4) is 0 Å². The molecule has 0 radical (unpaired) electrons. The van der Waals surface area contributed by atoms with Crippen LogP contribution < -0.4 is 0 Å². The first-order chi connectivity index (χ1) is 4.78. The zero-order valence-corrected chi connectivity index (χ0v) is 6.51. The van der Waals surface area contributed by atoms with E-state index in [1.165, 1.54) is 25.8 Å². The first-order valence-electron chi connectivity index (χ1n) is 4.10. The molecular weight excluding hydrogens is 126 g/mol. The van der Waals surface area contributed by atoms with Crippen LogP contribution in [0.5, 0.6) is 0 Å². The fourth-order valence-corrected chi connectivity index (χ4v) is 2.52. The molecule has 1 N–H and O–H groups in total. The number of likely N-dealkylation sites (N-methyl/N-ethyl adjacent to an activating group) is 1. The third-order valence-electron chi connectivity index (χ3n) is 3.33. The van der Waals surface area contributed by atoms with Crippen molar-refractivity contribution in [1.29, 1.82) is 0 Å². The number of likely N-dealkylation sites (tertiary alicyclic amines) is 1. The molecule has 10 heavy (non-hydrogen) atoms. The molecule has 0 aromatic carbocycles. The van der Waals surface area contributed by atoms with E-state index < -0.39 is 0 Å². The van der Waals surface area contributed by atoms with Crippen molar-refractivity contribution in [1.82, 2.24) is 4.90 Å². The molecule has 1 aliphatic carbocycles. The average molecular weight is 141 g/mol. The SMILES string of the molecule is CN1CC2(CCC2)C1CO. The van der Waals surface area contributed by atoms with Gasteiger partial charge in [0.05, 0.1) is 6.61 Å². The van der Waals surface area contributed by atoms with Gasteiger partial charge in [0.15, 0.2) is 0 Å². The third-order valence-corrected chi connectivity index (χ3v) is 3.33. The molecule has 2 nitrogen and oxygen atoms in total. The monoisotopic (exact) mass is 141 g/mol. The van der Waals surface area contributed by atoms with Gasteiger partial charge in [-0.25, -0.2) is 0 Å². The fraction of sp³-hybridized carbons (Fsp3) is 1.00. The van der Waals surface area contributed by atoms with E-state index in [2.05, 4.69) is 11.9 Å². The van der Waals surface area contributed by atoms with Gasteiger partial charge >= 0.3 is 0 Å². The Morgan fingerprint density at radius 3 is 2.50 bits per heavy atom. The Bertz CT molecular complexity index is 142. The van der Waals surface area contributed by atoms with Crippen LogP contribution >= 0.6 is 0 Å². The molecule has 58 valence electrons. The second-order valence-corrected chi connectivity index (χ2v) is 3.83. The number of rotatable bonds is 1. The lowest BCUT2D eigenvalue weighted by Gasteiger charge is -2.61. The van der Waals surface area contributed by atoms with Crippen molar-refractivity contribution < 1.29 is 5.11 Å². The molecule has 2 heteroatoms. The molecule has 1 aliphatic heterocycles. The Labute approximate surface area is 61.8 Å². The Hall–Kier alpha value is -0.0800. The Morgan fingerprint density at radius 1 is 1.60 bits per heavy atom. The van der Waals surface area contributed by atoms with E-state index in [-0.39, 0.29) is 0 Å². The summed E-state index contributed by atoms with van der Waals surface area (Å²) >= 11 is 0. The molecule has 0 aromatic heterocycles. The van der Waals surface area contributed by atoms with Crippen LogP contribution in [0, 0.1) is 5.41 Å². The average Bonchev–Trinajstić information content (AvgIpc) is 1.79. The molecule has 1 unspecified atom stereocenters. The highest BCUT2D eigenvalue weighted by atomic mass is 16.3. The zero-order valence-electron chi connectivity index (χ0n) is 6.51. The van der Waals surface area contributed by atoms with Crippen LogP contribution in [0.15, 0.2) is 0 Å². The lowest BCUT2D eigenvalue weighted by Crippen LogP contribution is -2.67. The first-order valence-corrected chi connectivity index (χ1v) is 4.10. The maximum absolute atomic E-state index is 9.02. The lowest BCUT2D eigenvalue weighted by atomic mass is 9.58. The number of hydrogen-bond donors (Lipinski definition) is 1. The van der Waals surface area contributed by atoms with Gasteiger partial charge in [0.25, 0.3) is 0 Å². The van der Waals surface area contributed by atoms with Gasteiger partial charge < -0.3 is 5.11 Å². The van der Waals surface area contributed by atoms with Crippen LogP contribution in [0.4, 0.5) is 0 Å². The number of aliphatic hydroxyl groups excluding tert-OH is 1. The molecule has 1 saturated heterocycles. The Kier molecular flexibility index (Phi) is 1.29. The van der Waals surface area contributed by atoms with E-state index in [1.807, 2.05) is 0 Å². The van der Waals surface area contributed by atoms with Gasteiger partial charge in [0.2, 0.25) is 0 Å². The molecule has 2 fully saturated rings. The summed E-state index contributed by atoms with van der Waals surface area (Å²) in [5, 5.41) is 9.02. The highest BCUT2D eigenvalue weighted by Gasteiger charge is 2.53. The van der Waals surface area contributed by atoms with E-state index in [0.717, 1.165) is 0 Å². The van der Waals surface area contributed by atoms with Crippen LogP contribution in [-0.4, -0.2) is 36.2 Å². The summed E-state index contributed by atoms with van der Waals surface area (Å²) in [6, 6.07) is 0.487. The second kappa shape index (κ2) is 1.95. The number of nitrogens with zero attached hydrogens (tertiary/aromatic N) is 1. The zero-order chi connectivity index (χ0) is 7.19. The van der Waals surface area contributed by atoms with Crippen LogP contribution in [0.25, 0.3) is 0 Å². The van der Waals surface area contributed by atoms with Gasteiger partial charge in [0.1, 0.15) is 0 Å². The summed E-state index contributed by atoms with van der Waals surface area (Å²) in [5.74, 6) is 0. The van der Waals surface area contributed by atoms with E-state index >= 15 is 0 Å². The van der Waals surface area contributed by atoms with Crippen molar-refractivity contribution in [3.63, 3.8) is 0 Å². The predicted octanol–water partition coefficient (Wildman–Crippen LogP) is 0.463. The molecule has 1 heterocycles. The second-order valence-electron chi connectivity index (χ2n) is 3.83. The molecule has 1 spiro atoms. The third kappa shape index (κ3) is 0.611. The smallest absolute Gasteiger partial charge is 0.0592 e. The highest BCUT2D eigenvalue weighted by molar-refractivity contribution is 5.06. The number of hydrogen-bond acceptors (Lipinski definition) is 2.